The number of hydrogen-bond donors (Lipinski definition) is 0. The summed E-state index contributed by atoms with van der Waals surface area (Å²) in [4.78, 5) is 4.93. The van der Waals surface area contributed by atoms with Crippen LogP contribution < -0.4 is 9.30 Å². The number of aromatic nitrogens is 4. The summed E-state index contributed by atoms with van der Waals surface area (Å²) >= 11 is 0. The maximum absolute atomic E-state index is 6.47. The van der Waals surface area contributed by atoms with Gasteiger partial charge in [0.05, 0.1) is 5.69 Å². The van der Waals surface area contributed by atoms with Gasteiger partial charge in [-0.25, -0.2) is 4.98 Å². The molecule has 0 aliphatic carbocycles. The standard InChI is InChI=1S/C46H40N4O.CH3.Pt/c1-45(2,3)33-23-24-47-44(28-33)50-42-27-32(38-17-10-11-18-41(38)46(4,5)6)19-21-39(42)40-22-20-37(30-43(40)50)51-36-16-12-15-35(29-36)49-26-25-48(31-49)34-13-8-7-9-14-34;;/h7-28H,1-6H3;1H3;/q-2;-1;+4. The molecule has 0 saturated carbocycles. The van der Waals surface area contributed by atoms with Crippen molar-refractivity contribution in [1.82, 2.24) is 14.1 Å². The number of benzene rings is 5. The van der Waals surface area contributed by atoms with E-state index in [0.29, 0.717) is 11.5 Å². The molecule has 53 heavy (non-hydrogen) atoms. The molecule has 0 fully saturated rings. The Kier molecular flexibility index (Phi) is 10.4. The van der Waals surface area contributed by atoms with Crippen molar-refractivity contribution in [3.63, 3.8) is 0 Å². The van der Waals surface area contributed by atoms with Gasteiger partial charge in [0.15, 0.2) is 0 Å². The first-order chi connectivity index (χ1) is 24.5. The van der Waals surface area contributed by atoms with Crippen molar-refractivity contribution in [2.75, 3.05) is 0 Å². The molecule has 0 bridgehead atoms. The van der Waals surface area contributed by atoms with Gasteiger partial charge < -0.3 is 21.3 Å². The van der Waals surface area contributed by atoms with Crippen LogP contribution in [0, 0.1) is 25.9 Å². The molecule has 266 valence electrons. The third-order valence-electron chi connectivity index (χ3n) is 9.38. The molecule has 5 aromatic carbocycles. The van der Waals surface area contributed by atoms with Crippen molar-refractivity contribution in [2.24, 2.45) is 0 Å². The Bertz CT molecular complexity index is 2530. The minimum Gasteiger partial charge on any atom is -0.510 e. The van der Waals surface area contributed by atoms with Crippen molar-refractivity contribution >= 4 is 21.8 Å². The SMILES string of the molecule is CC(C)(C)c1ccnc(-n2c3[c-]c(Oc4[c-]c(-n5[c-][n+](-c6ccccc6)cc5)ccc4)ccc3c3ccc(-c4ccccc4C(C)(C)C)cc32)c1.[CH3-].[Pt+4]. The maximum Gasteiger partial charge on any atom is 4.00 e. The minimum absolute atomic E-state index is 0. The number of para-hydroxylation sites is 1. The number of ether oxygens (including phenoxy) is 1. The molecule has 0 aliphatic heterocycles. The Balaban J connectivity index is 0.00000240. The average molecular weight is 875 g/mol. The van der Waals surface area contributed by atoms with Gasteiger partial charge in [0.25, 0.3) is 6.33 Å². The number of pyridine rings is 1. The van der Waals surface area contributed by atoms with Crippen LogP contribution in [0.5, 0.6) is 11.5 Å². The first kappa shape index (κ1) is 37.5. The van der Waals surface area contributed by atoms with E-state index in [4.69, 9.17) is 9.72 Å². The van der Waals surface area contributed by atoms with E-state index in [1.54, 1.807) is 0 Å². The molecule has 0 unspecified atom stereocenters. The predicted octanol–water partition coefficient (Wildman–Crippen LogP) is 11.1. The van der Waals surface area contributed by atoms with E-state index in [-0.39, 0.29) is 39.3 Å². The topological polar surface area (TPSA) is 35.9 Å². The van der Waals surface area contributed by atoms with E-state index in [2.05, 4.69) is 137 Å². The van der Waals surface area contributed by atoms with Gasteiger partial charge in [0.1, 0.15) is 5.82 Å². The predicted molar refractivity (Wildman–Crippen MR) is 212 cm³/mol. The van der Waals surface area contributed by atoms with Crippen LogP contribution in [0.1, 0.15) is 52.7 Å². The second-order valence-electron chi connectivity index (χ2n) is 15.1. The van der Waals surface area contributed by atoms with Gasteiger partial charge in [-0.05, 0) is 74.5 Å². The molecule has 0 atom stereocenters. The average Bonchev–Trinajstić information content (AvgIpc) is 3.75. The number of hydrogen-bond acceptors (Lipinski definition) is 2. The molecule has 5 nitrogen and oxygen atoms in total. The Labute approximate surface area is 327 Å². The van der Waals surface area contributed by atoms with Gasteiger partial charge in [0, 0.05) is 35.6 Å². The summed E-state index contributed by atoms with van der Waals surface area (Å²) in [5.74, 6) is 2.04. The number of nitrogens with zero attached hydrogens (tertiary/aromatic N) is 4. The van der Waals surface area contributed by atoms with Crippen molar-refractivity contribution in [1.29, 1.82) is 0 Å². The summed E-state index contributed by atoms with van der Waals surface area (Å²) < 4.78 is 12.6. The summed E-state index contributed by atoms with van der Waals surface area (Å²) in [7, 11) is 0. The van der Waals surface area contributed by atoms with Crippen LogP contribution in [0.15, 0.2) is 134 Å². The Morgan fingerprint density at radius 1 is 0.698 bits per heavy atom. The number of rotatable bonds is 6. The van der Waals surface area contributed by atoms with Gasteiger partial charge >= 0.3 is 21.1 Å². The maximum atomic E-state index is 6.47. The molecule has 0 N–H and O–H groups in total. The smallest absolute Gasteiger partial charge is 0.510 e. The first-order valence-corrected chi connectivity index (χ1v) is 17.4. The molecule has 8 rings (SSSR count). The molecule has 0 spiro atoms. The van der Waals surface area contributed by atoms with E-state index in [1.165, 1.54) is 22.3 Å². The van der Waals surface area contributed by atoms with E-state index in [0.717, 1.165) is 39.0 Å². The molecular formula is C47H43N4OPt+. The largest absolute Gasteiger partial charge is 4.00 e. The fourth-order valence-electron chi connectivity index (χ4n) is 6.72. The Hall–Kier alpha value is -5.25. The second kappa shape index (κ2) is 14.6. The van der Waals surface area contributed by atoms with Crippen LogP contribution in [-0.4, -0.2) is 14.1 Å². The van der Waals surface area contributed by atoms with Crippen LogP contribution in [0.3, 0.4) is 0 Å². The fourth-order valence-corrected chi connectivity index (χ4v) is 6.72. The van der Waals surface area contributed by atoms with Crippen molar-refractivity contribution in [3.05, 3.63) is 171 Å². The van der Waals surface area contributed by atoms with Crippen LogP contribution in [0.4, 0.5) is 0 Å². The first-order valence-electron chi connectivity index (χ1n) is 17.4. The summed E-state index contributed by atoms with van der Waals surface area (Å²) in [6.07, 6.45) is 9.23. The molecule has 3 heterocycles. The molecule has 8 aromatic rings. The molecule has 0 radical (unpaired) electrons. The van der Waals surface area contributed by atoms with Gasteiger partial charge in [0.2, 0.25) is 0 Å². The molecule has 0 saturated heterocycles. The monoisotopic (exact) mass is 874 g/mol. The summed E-state index contributed by atoms with van der Waals surface area (Å²) in [5, 5.41) is 2.22. The molecular weight excluding hydrogens is 832 g/mol. The molecule has 6 heteroatoms. The van der Waals surface area contributed by atoms with E-state index in [1.807, 2.05) is 70.2 Å². The quantitative estimate of drug-likeness (QED) is 0.123. The van der Waals surface area contributed by atoms with E-state index < -0.39 is 0 Å². The normalized spacial score (nSPS) is 11.7. The van der Waals surface area contributed by atoms with Crippen molar-refractivity contribution in [2.45, 2.75) is 52.4 Å². The van der Waals surface area contributed by atoms with Crippen molar-refractivity contribution < 1.29 is 30.4 Å². The minimum atomic E-state index is -0.0381. The van der Waals surface area contributed by atoms with Gasteiger partial charge in [-0.2, -0.15) is 18.2 Å². The van der Waals surface area contributed by atoms with Crippen LogP contribution in [0.25, 0.3) is 50.1 Å². The van der Waals surface area contributed by atoms with Crippen molar-refractivity contribution in [3.8, 4) is 39.8 Å². The van der Waals surface area contributed by atoms with Crippen LogP contribution in [-0.2, 0) is 31.9 Å². The fraction of sp³-hybridized carbons (Fsp3) is 0.170. The molecule has 0 aliphatic rings. The Morgan fingerprint density at radius 2 is 1.43 bits per heavy atom. The number of fused-ring (bicyclic) bond motifs is 3. The zero-order valence-corrected chi connectivity index (χ0v) is 33.5. The van der Waals surface area contributed by atoms with Gasteiger partial charge in [-0.3, -0.25) is 4.57 Å². The van der Waals surface area contributed by atoms with E-state index in [9.17, 15) is 0 Å². The van der Waals surface area contributed by atoms with E-state index >= 15 is 0 Å². The summed E-state index contributed by atoms with van der Waals surface area (Å²) in [6.45, 7) is 13.5. The van der Waals surface area contributed by atoms with Crippen LogP contribution in [0.2, 0.25) is 0 Å². The summed E-state index contributed by atoms with van der Waals surface area (Å²) in [6, 6.07) is 47.0. The third-order valence-corrected chi connectivity index (χ3v) is 9.38. The third kappa shape index (κ3) is 7.36. The Morgan fingerprint density at radius 3 is 2.21 bits per heavy atom. The zero-order chi connectivity index (χ0) is 35.3. The molecule has 0 amide bonds. The molecule has 3 aromatic heterocycles. The second-order valence-corrected chi connectivity index (χ2v) is 15.1. The summed E-state index contributed by atoms with van der Waals surface area (Å²) in [5.41, 5.74) is 8.72. The zero-order valence-electron chi connectivity index (χ0n) is 31.2. The van der Waals surface area contributed by atoms with Crippen LogP contribution >= 0.6 is 0 Å². The number of imidazole rings is 1. The van der Waals surface area contributed by atoms with Gasteiger partial charge in [-0.15, -0.1) is 29.7 Å². The van der Waals surface area contributed by atoms with Gasteiger partial charge in [-0.1, -0.05) is 102 Å².